The second kappa shape index (κ2) is 2.70. The molecule has 0 amide bonds. The predicted molar refractivity (Wildman–Crippen MR) is 53.1 cm³/mol. The Balaban J connectivity index is 2.15. The number of nitrogens with zero attached hydrogens (tertiary/aromatic N) is 2. The Morgan fingerprint density at radius 3 is 3.21 bits per heavy atom. The molecule has 4 nitrogen and oxygen atoms in total. The molecule has 0 bridgehead atoms. The Morgan fingerprint density at radius 1 is 1.57 bits per heavy atom. The molecule has 0 aromatic carbocycles. The first kappa shape index (κ1) is 7.79. The van der Waals surface area contributed by atoms with Crippen molar-refractivity contribution in [1.82, 2.24) is 14.5 Å². The molecule has 1 fully saturated rings. The molecular weight excluding hydrogens is 178 g/mol. The highest BCUT2D eigenvalue weighted by Crippen LogP contribution is 2.31. The third kappa shape index (κ3) is 1.14. The highest BCUT2D eigenvalue weighted by atomic mass is 16.1. The van der Waals surface area contributed by atoms with Crippen LogP contribution in [0.3, 0.4) is 0 Å². The quantitative estimate of drug-likeness (QED) is 0.770. The lowest BCUT2D eigenvalue weighted by Crippen LogP contribution is -2.07. The Kier molecular flexibility index (Phi) is 1.50. The van der Waals surface area contributed by atoms with Crippen molar-refractivity contribution in [1.29, 1.82) is 0 Å². The van der Waals surface area contributed by atoms with Gasteiger partial charge < -0.3 is 9.55 Å². The average molecular weight is 189 g/mol. The minimum absolute atomic E-state index is 0.0513. The summed E-state index contributed by atoms with van der Waals surface area (Å²) in [4.78, 5) is 18.2. The Hall–Kier alpha value is -1.58. The summed E-state index contributed by atoms with van der Waals surface area (Å²) in [5.74, 6) is 0.798. The van der Waals surface area contributed by atoms with Crippen LogP contribution >= 0.6 is 0 Å². The second-order valence-corrected chi connectivity index (χ2v) is 3.88. The molecule has 2 heterocycles. The van der Waals surface area contributed by atoms with E-state index in [1.54, 1.807) is 0 Å². The molecule has 0 aliphatic heterocycles. The van der Waals surface area contributed by atoms with Gasteiger partial charge in [-0.1, -0.05) is 0 Å². The van der Waals surface area contributed by atoms with Crippen molar-refractivity contribution in [3.63, 3.8) is 0 Å². The fourth-order valence-corrected chi connectivity index (χ4v) is 1.74. The van der Waals surface area contributed by atoms with Crippen LogP contribution in [0.1, 0.15) is 12.8 Å². The van der Waals surface area contributed by atoms with Crippen LogP contribution in [-0.2, 0) is 6.54 Å². The predicted octanol–water partition coefficient (Wildman–Crippen LogP) is 1.13. The van der Waals surface area contributed by atoms with Crippen molar-refractivity contribution >= 4 is 11.0 Å². The zero-order valence-electron chi connectivity index (χ0n) is 7.73. The summed E-state index contributed by atoms with van der Waals surface area (Å²) in [6.45, 7) is 1.000. The van der Waals surface area contributed by atoms with E-state index in [0.717, 1.165) is 18.1 Å². The molecule has 1 saturated carbocycles. The molecule has 1 N–H and O–H groups in total. The molecular formula is C10H11N3O. The number of hydrogen-bond donors (Lipinski definition) is 1. The minimum Gasteiger partial charge on any atom is -0.332 e. The lowest BCUT2D eigenvalue weighted by molar-refractivity contribution is 0.642. The van der Waals surface area contributed by atoms with Crippen molar-refractivity contribution < 1.29 is 0 Å². The van der Waals surface area contributed by atoms with E-state index in [1.807, 2.05) is 12.3 Å². The van der Waals surface area contributed by atoms with Gasteiger partial charge in [-0.3, -0.25) is 4.79 Å². The van der Waals surface area contributed by atoms with Crippen LogP contribution in [0.15, 0.2) is 23.4 Å². The zero-order chi connectivity index (χ0) is 9.54. The van der Waals surface area contributed by atoms with E-state index >= 15 is 0 Å². The topological polar surface area (TPSA) is 50.7 Å². The molecule has 2 aromatic heterocycles. The van der Waals surface area contributed by atoms with E-state index in [2.05, 4.69) is 14.5 Å². The average Bonchev–Trinajstić information content (AvgIpc) is 2.88. The lowest BCUT2D eigenvalue weighted by Gasteiger charge is -2.01. The SMILES string of the molecule is O=c1[nH]cnc2c1ccn2CC1CC1. The number of nitrogens with one attached hydrogen (secondary N) is 1. The summed E-state index contributed by atoms with van der Waals surface area (Å²) in [5.41, 5.74) is 0.755. The first-order chi connectivity index (χ1) is 6.84. The van der Waals surface area contributed by atoms with Gasteiger partial charge in [0.05, 0.1) is 11.7 Å². The third-order valence-electron chi connectivity index (χ3n) is 2.71. The van der Waals surface area contributed by atoms with Crippen LogP contribution in [-0.4, -0.2) is 14.5 Å². The summed E-state index contributed by atoms with van der Waals surface area (Å²) >= 11 is 0. The second-order valence-electron chi connectivity index (χ2n) is 3.88. The molecule has 3 rings (SSSR count). The van der Waals surface area contributed by atoms with Gasteiger partial charge in [-0.05, 0) is 24.8 Å². The van der Waals surface area contributed by atoms with E-state index in [0.29, 0.717) is 5.39 Å². The largest absolute Gasteiger partial charge is 0.332 e. The Bertz CT molecular complexity index is 521. The first-order valence-corrected chi connectivity index (χ1v) is 4.87. The molecule has 2 aromatic rings. The number of fused-ring (bicyclic) bond motifs is 1. The van der Waals surface area contributed by atoms with Gasteiger partial charge >= 0.3 is 0 Å². The summed E-state index contributed by atoms with van der Waals surface area (Å²) in [5, 5.41) is 0.688. The van der Waals surface area contributed by atoms with Gasteiger partial charge in [0.2, 0.25) is 0 Å². The smallest absolute Gasteiger partial charge is 0.260 e. The molecule has 0 atom stereocenters. The number of rotatable bonds is 2. The van der Waals surface area contributed by atoms with Crippen LogP contribution in [0.25, 0.3) is 11.0 Å². The van der Waals surface area contributed by atoms with Crippen LogP contribution in [0.4, 0.5) is 0 Å². The maximum absolute atomic E-state index is 11.4. The molecule has 4 heteroatoms. The summed E-state index contributed by atoms with van der Waals surface area (Å²) in [7, 11) is 0. The minimum atomic E-state index is -0.0513. The van der Waals surface area contributed by atoms with Gasteiger partial charge in [0.1, 0.15) is 5.65 Å². The van der Waals surface area contributed by atoms with Crippen LogP contribution < -0.4 is 5.56 Å². The van der Waals surface area contributed by atoms with E-state index < -0.39 is 0 Å². The molecule has 0 saturated heterocycles. The molecule has 0 spiro atoms. The van der Waals surface area contributed by atoms with Crippen molar-refractivity contribution in [2.45, 2.75) is 19.4 Å². The third-order valence-corrected chi connectivity index (χ3v) is 2.71. The standard InChI is InChI=1S/C10H11N3O/c14-10-8-3-4-13(5-7-1-2-7)9(8)11-6-12-10/h3-4,6-7H,1-2,5H2,(H,11,12,14). The van der Waals surface area contributed by atoms with Gasteiger partial charge in [-0.25, -0.2) is 4.98 Å². The molecule has 0 unspecified atom stereocenters. The molecule has 0 radical (unpaired) electrons. The summed E-state index contributed by atoms with van der Waals surface area (Å²) < 4.78 is 2.07. The molecule has 1 aliphatic rings. The van der Waals surface area contributed by atoms with E-state index in [1.165, 1.54) is 19.2 Å². The van der Waals surface area contributed by atoms with E-state index in [9.17, 15) is 4.79 Å². The van der Waals surface area contributed by atoms with Crippen LogP contribution in [0, 0.1) is 5.92 Å². The monoisotopic (exact) mass is 189 g/mol. The fourth-order valence-electron chi connectivity index (χ4n) is 1.74. The first-order valence-electron chi connectivity index (χ1n) is 4.87. The van der Waals surface area contributed by atoms with Gasteiger partial charge in [0.15, 0.2) is 0 Å². The normalized spacial score (nSPS) is 16.3. The van der Waals surface area contributed by atoms with Crippen molar-refractivity contribution in [2.75, 3.05) is 0 Å². The van der Waals surface area contributed by atoms with E-state index in [-0.39, 0.29) is 5.56 Å². The maximum Gasteiger partial charge on any atom is 0.260 e. The summed E-state index contributed by atoms with van der Waals surface area (Å²) in [6.07, 6.45) is 6.03. The Labute approximate surface area is 80.6 Å². The van der Waals surface area contributed by atoms with Gasteiger partial charge in [0, 0.05) is 12.7 Å². The number of H-pyrrole nitrogens is 1. The fraction of sp³-hybridized carbons (Fsp3) is 0.400. The maximum atomic E-state index is 11.4. The molecule has 72 valence electrons. The van der Waals surface area contributed by atoms with E-state index in [4.69, 9.17) is 0 Å². The van der Waals surface area contributed by atoms with Gasteiger partial charge in [0.25, 0.3) is 5.56 Å². The van der Waals surface area contributed by atoms with Gasteiger partial charge in [-0.15, -0.1) is 0 Å². The van der Waals surface area contributed by atoms with Crippen molar-refractivity contribution in [3.05, 3.63) is 28.9 Å². The molecule has 14 heavy (non-hydrogen) atoms. The van der Waals surface area contributed by atoms with Crippen LogP contribution in [0.2, 0.25) is 0 Å². The highest BCUT2D eigenvalue weighted by molar-refractivity contribution is 5.74. The van der Waals surface area contributed by atoms with Gasteiger partial charge in [-0.2, -0.15) is 0 Å². The number of aromatic nitrogens is 3. The summed E-state index contributed by atoms with van der Waals surface area (Å²) in [6, 6.07) is 1.84. The number of aromatic amines is 1. The van der Waals surface area contributed by atoms with Crippen molar-refractivity contribution in [3.8, 4) is 0 Å². The Morgan fingerprint density at radius 2 is 2.43 bits per heavy atom. The zero-order valence-corrected chi connectivity index (χ0v) is 7.73. The number of hydrogen-bond acceptors (Lipinski definition) is 2. The van der Waals surface area contributed by atoms with Crippen molar-refractivity contribution in [2.24, 2.45) is 5.92 Å². The lowest BCUT2D eigenvalue weighted by atomic mass is 10.4. The molecule has 1 aliphatic carbocycles. The van der Waals surface area contributed by atoms with Crippen LogP contribution in [0.5, 0.6) is 0 Å². The highest BCUT2D eigenvalue weighted by Gasteiger charge is 2.22.